The number of aromatic nitrogens is 2. The van der Waals surface area contributed by atoms with E-state index < -0.39 is 18.0 Å². The molecule has 0 saturated heterocycles. The fraction of sp³-hybridized carbons (Fsp3) is 0.100. The minimum absolute atomic E-state index is 0.198. The first-order valence-electron chi connectivity index (χ1n) is 8.37. The van der Waals surface area contributed by atoms with Crippen molar-refractivity contribution in [3.05, 3.63) is 89.6 Å². The third kappa shape index (κ3) is 3.48. The molecule has 1 amide bonds. The van der Waals surface area contributed by atoms with Crippen molar-refractivity contribution in [2.45, 2.75) is 12.2 Å². The van der Waals surface area contributed by atoms with Crippen LogP contribution in [0, 0.1) is 0 Å². The van der Waals surface area contributed by atoms with Gasteiger partial charge in [-0.1, -0.05) is 36.4 Å². The van der Waals surface area contributed by atoms with Crippen LogP contribution in [0.1, 0.15) is 33.4 Å². The summed E-state index contributed by atoms with van der Waals surface area (Å²) in [5.41, 5.74) is 2.19. The molecule has 8 heteroatoms. The van der Waals surface area contributed by atoms with Crippen LogP contribution in [0.2, 0.25) is 0 Å². The largest absolute Gasteiger partial charge is 0.472 e. The Bertz CT molecular complexity index is 1100. The van der Waals surface area contributed by atoms with E-state index in [0.717, 1.165) is 5.56 Å². The maximum absolute atomic E-state index is 12.9. The Balaban J connectivity index is 1.74. The zero-order valence-electron chi connectivity index (χ0n) is 14.3. The van der Waals surface area contributed by atoms with Gasteiger partial charge in [0.15, 0.2) is 0 Å². The monoisotopic (exact) mass is 385 g/mol. The molecule has 2 aromatic carbocycles. The fourth-order valence-electron chi connectivity index (χ4n) is 2.95. The van der Waals surface area contributed by atoms with E-state index in [1.165, 1.54) is 24.7 Å². The van der Waals surface area contributed by atoms with Gasteiger partial charge >= 0.3 is 6.18 Å². The van der Waals surface area contributed by atoms with E-state index >= 15 is 0 Å². The molecule has 0 radical (unpaired) electrons. The van der Waals surface area contributed by atoms with Gasteiger partial charge in [-0.2, -0.15) is 13.2 Å². The van der Waals surface area contributed by atoms with Gasteiger partial charge in [0.1, 0.15) is 6.26 Å². The summed E-state index contributed by atoms with van der Waals surface area (Å²) in [5.74, 6) is -1.42. The lowest BCUT2D eigenvalue weighted by molar-refractivity contribution is -0.144. The molecule has 0 spiro atoms. The van der Waals surface area contributed by atoms with Crippen LogP contribution in [0.5, 0.6) is 0 Å². The maximum atomic E-state index is 12.9. The number of alkyl halides is 3. The molecule has 0 bridgehead atoms. The van der Waals surface area contributed by atoms with Crippen LogP contribution in [0.4, 0.5) is 13.2 Å². The first-order valence-corrected chi connectivity index (χ1v) is 8.37. The molecule has 4 aromatic rings. The summed E-state index contributed by atoms with van der Waals surface area (Å²) < 4.78 is 43.7. The molecule has 0 saturated carbocycles. The number of nitrogens with one attached hydrogen (secondary N) is 2. The Morgan fingerprint density at radius 3 is 2.54 bits per heavy atom. The van der Waals surface area contributed by atoms with Crippen LogP contribution in [0.3, 0.4) is 0 Å². The summed E-state index contributed by atoms with van der Waals surface area (Å²) in [4.78, 5) is 18.4. The van der Waals surface area contributed by atoms with Crippen molar-refractivity contribution >= 4 is 16.9 Å². The van der Waals surface area contributed by atoms with Gasteiger partial charge in [-0.3, -0.25) is 4.79 Å². The second-order valence-corrected chi connectivity index (χ2v) is 6.19. The molecule has 4 rings (SSSR count). The smallest absolute Gasteiger partial charge is 0.449 e. The van der Waals surface area contributed by atoms with Crippen LogP contribution >= 0.6 is 0 Å². The zero-order valence-corrected chi connectivity index (χ0v) is 14.3. The van der Waals surface area contributed by atoms with E-state index in [2.05, 4.69) is 15.3 Å². The van der Waals surface area contributed by atoms with E-state index in [-0.39, 0.29) is 16.9 Å². The number of halogens is 3. The summed E-state index contributed by atoms with van der Waals surface area (Å²) in [6.45, 7) is 0. The number of benzene rings is 2. The molecule has 0 aliphatic carbocycles. The molecule has 2 aromatic heterocycles. The SMILES string of the molecule is O=C(N[C@@H](c1ccccc1)c1ccc2nc(C(F)(F)F)[nH]c2c1)c1ccoc1. The molecule has 2 heterocycles. The molecular formula is C20H14F3N3O2. The lowest BCUT2D eigenvalue weighted by atomic mass is 9.98. The number of nitrogens with zero attached hydrogens (tertiary/aromatic N) is 1. The first kappa shape index (κ1) is 17.8. The average Bonchev–Trinajstić information content (AvgIpc) is 3.35. The van der Waals surface area contributed by atoms with Crippen molar-refractivity contribution < 1.29 is 22.4 Å². The van der Waals surface area contributed by atoms with Crippen LogP contribution in [-0.2, 0) is 6.18 Å². The van der Waals surface area contributed by atoms with Crippen molar-refractivity contribution in [1.29, 1.82) is 0 Å². The number of aromatic amines is 1. The van der Waals surface area contributed by atoms with Gasteiger partial charge in [-0.05, 0) is 29.3 Å². The first-order chi connectivity index (χ1) is 13.4. The second kappa shape index (κ2) is 6.88. The third-order valence-corrected chi connectivity index (χ3v) is 4.30. The van der Waals surface area contributed by atoms with Crippen molar-refractivity contribution in [3.8, 4) is 0 Å². The summed E-state index contributed by atoms with van der Waals surface area (Å²) in [6.07, 6.45) is -1.85. The molecule has 0 unspecified atom stereocenters. The zero-order chi connectivity index (χ0) is 19.7. The molecule has 142 valence electrons. The molecule has 0 aliphatic heterocycles. The summed E-state index contributed by atoms with van der Waals surface area (Å²) >= 11 is 0. The Morgan fingerprint density at radius 2 is 1.86 bits per heavy atom. The Labute approximate surface area is 157 Å². The van der Waals surface area contributed by atoms with E-state index in [4.69, 9.17) is 4.42 Å². The molecule has 1 atom stereocenters. The van der Waals surface area contributed by atoms with Crippen molar-refractivity contribution in [1.82, 2.24) is 15.3 Å². The van der Waals surface area contributed by atoms with E-state index in [0.29, 0.717) is 11.1 Å². The van der Waals surface area contributed by atoms with Crippen molar-refractivity contribution in [2.75, 3.05) is 0 Å². The molecular weight excluding hydrogens is 371 g/mol. The highest BCUT2D eigenvalue weighted by atomic mass is 19.4. The van der Waals surface area contributed by atoms with Crippen LogP contribution < -0.4 is 5.32 Å². The number of carbonyl (C=O) groups is 1. The highest BCUT2D eigenvalue weighted by Crippen LogP contribution is 2.30. The summed E-state index contributed by atoms with van der Waals surface area (Å²) in [5, 5.41) is 2.90. The minimum atomic E-state index is -4.56. The summed E-state index contributed by atoms with van der Waals surface area (Å²) in [6, 6.07) is 14.8. The minimum Gasteiger partial charge on any atom is -0.472 e. The lowest BCUT2D eigenvalue weighted by Gasteiger charge is -2.19. The number of hydrogen-bond acceptors (Lipinski definition) is 3. The van der Waals surface area contributed by atoms with E-state index in [9.17, 15) is 18.0 Å². The number of furan rings is 1. The number of imidazole rings is 1. The predicted octanol–water partition coefficient (Wildman–Crippen LogP) is 4.69. The summed E-state index contributed by atoms with van der Waals surface area (Å²) in [7, 11) is 0. The number of H-pyrrole nitrogens is 1. The quantitative estimate of drug-likeness (QED) is 0.535. The van der Waals surface area contributed by atoms with Gasteiger partial charge in [0, 0.05) is 0 Å². The van der Waals surface area contributed by atoms with Crippen LogP contribution in [0.25, 0.3) is 11.0 Å². The Hall–Kier alpha value is -3.55. The van der Waals surface area contributed by atoms with E-state index in [1.807, 2.05) is 30.3 Å². The van der Waals surface area contributed by atoms with Crippen LogP contribution in [0.15, 0.2) is 71.5 Å². The molecule has 0 fully saturated rings. The number of rotatable bonds is 4. The highest BCUT2D eigenvalue weighted by Gasteiger charge is 2.34. The van der Waals surface area contributed by atoms with Gasteiger partial charge in [0.05, 0.1) is 28.9 Å². The number of carbonyl (C=O) groups excluding carboxylic acids is 1. The molecule has 0 aliphatic rings. The number of amides is 1. The fourth-order valence-corrected chi connectivity index (χ4v) is 2.95. The second-order valence-electron chi connectivity index (χ2n) is 6.19. The van der Waals surface area contributed by atoms with Gasteiger partial charge in [0.2, 0.25) is 5.82 Å². The molecule has 5 nitrogen and oxygen atoms in total. The topological polar surface area (TPSA) is 70.9 Å². The van der Waals surface area contributed by atoms with Crippen molar-refractivity contribution in [3.63, 3.8) is 0 Å². The highest BCUT2D eigenvalue weighted by molar-refractivity contribution is 5.94. The number of fused-ring (bicyclic) bond motifs is 1. The maximum Gasteiger partial charge on any atom is 0.449 e. The Morgan fingerprint density at radius 1 is 1.07 bits per heavy atom. The molecule has 28 heavy (non-hydrogen) atoms. The van der Waals surface area contributed by atoms with Gasteiger partial charge in [-0.15, -0.1) is 0 Å². The standard InChI is InChI=1S/C20H14F3N3O2/c21-20(22,23)19-24-15-7-6-13(10-16(15)25-19)17(12-4-2-1-3-5-12)26-18(27)14-8-9-28-11-14/h1-11,17H,(H,24,25)(H,26,27)/t17-/m0/s1. The van der Waals surface area contributed by atoms with Crippen LogP contribution in [-0.4, -0.2) is 15.9 Å². The number of hydrogen-bond donors (Lipinski definition) is 2. The third-order valence-electron chi connectivity index (χ3n) is 4.30. The van der Waals surface area contributed by atoms with E-state index in [1.54, 1.807) is 12.1 Å². The van der Waals surface area contributed by atoms with Gasteiger partial charge in [-0.25, -0.2) is 4.98 Å². The average molecular weight is 385 g/mol. The normalized spacial score (nSPS) is 12.8. The van der Waals surface area contributed by atoms with Gasteiger partial charge < -0.3 is 14.7 Å². The Kier molecular flexibility index (Phi) is 4.38. The van der Waals surface area contributed by atoms with Crippen molar-refractivity contribution in [2.24, 2.45) is 0 Å². The lowest BCUT2D eigenvalue weighted by Crippen LogP contribution is -2.29. The predicted molar refractivity (Wildman–Crippen MR) is 95.6 cm³/mol. The van der Waals surface area contributed by atoms with Gasteiger partial charge in [0.25, 0.3) is 5.91 Å². The molecule has 2 N–H and O–H groups in total.